The lowest BCUT2D eigenvalue weighted by atomic mass is 10.1. The number of carbonyl (C=O) groups excluding carboxylic acids is 3. The predicted octanol–water partition coefficient (Wildman–Crippen LogP) is 1.96. The number of ether oxygens (including phenoxy) is 2. The van der Waals surface area contributed by atoms with Crippen molar-refractivity contribution in [2.75, 3.05) is 24.3 Å². The van der Waals surface area contributed by atoms with Crippen molar-refractivity contribution in [3.63, 3.8) is 0 Å². The predicted molar refractivity (Wildman–Crippen MR) is 101 cm³/mol. The van der Waals surface area contributed by atoms with Crippen LogP contribution in [0.25, 0.3) is 0 Å². The Morgan fingerprint density at radius 1 is 0.926 bits per heavy atom. The molecule has 0 unspecified atom stereocenters. The maximum absolute atomic E-state index is 12.1. The van der Waals surface area contributed by atoms with E-state index in [2.05, 4.69) is 5.32 Å². The lowest BCUT2D eigenvalue weighted by molar-refractivity contribution is -0.135. The average Bonchev–Trinajstić information content (AvgIpc) is 2.64. The molecule has 8 nitrogen and oxygen atoms in total. The molecule has 142 valence electrons. The van der Waals surface area contributed by atoms with Gasteiger partial charge in [-0.15, -0.1) is 0 Å². The summed E-state index contributed by atoms with van der Waals surface area (Å²) in [5.41, 5.74) is 6.32. The molecule has 0 atom stereocenters. The SMILES string of the molecule is CCOc1ccc(NC(=O)C(=O)NC(=O)c2ccccc2N)cc1OCC. The van der Waals surface area contributed by atoms with Crippen molar-refractivity contribution >= 4 is 29.1 Å². The summed E-state index contributed by atoms with van der Waals surface area (Å²) in [5.74, 6) is -1.89. The first-order valence-electron chi connectivity index (χ1n) is 8.37. The number of hydrogen-bond acceptors (Lipinski definition) is 6. The molecule has 0 saturated heterocycles. The van der Waals surface area contributed by atoms with Gasteiger partial charge < -0.3 is 20.5 Å². The summed E-state index contributed by atoms with van der Waals surface area (Å²) in [7, 11) is 0. The van der Waals surface area contributed by atoms with Gasteiger partial charge in [0.2, 0.25) is 0 Å². The molecular weight excluding hydrogens is 350 g/mol. The smallest absolute Gasteiger partial charge is 0.316 e. The zero-order chi connectivity index (χ0) is 19.8. The van der Waals surface area contributed by atoms with Gasteiger partial charge in [-0.25, -0.2) is 0 Å². The lowest BCUT2D eigenvalue weighted by Gasteiger charge is -2.13. The molecule has 2 rings (SSSR count). The fourth-order valence-corrected chi connectivity index (χ4v) is 2.25. The zero-order valence-corrected chi connectivity index (χ0v) is 15.1. The Balaban J connectivity index is 2.05. The summed E-state index contributed by atoms with van der Waals surface area (Å²) in [4.78, 5) is 36.1. The van der Waals surface area contributed by atoms with E-state index in [0.717, 1.165) is 0 Å². The highest BCUT2D eigenvalue weighted by molar-refractivity contribution is 6.42. The molecule has 0 aliphatic carbocycles. The van der Waals surface area contributed by atoms with Crippen LogP contribution in [0.5, 0.6) is 11.5 Å². The number of nitrogens with two attached hydrogens (primary N) is 1. The quantitative estimate of drug-likeness (QED) is 0.527. The second-order valence-electron chi connectivity index (χ2n) is 5.35. The number of benzene rings is 2. The highest BCUT2D eigenvalue weighted by Gasteiger charge is 2.19. The summed E-state index contributed by atoms with van der Waals surface area (Å²) in [6.45, 7) is 4.52. The molecule has 0 aromatic heterocycles. The Morgan fingerprint density at radius 2 is 1.59 bits per heavy atom. The second kappa shape index (κ2) is 9.23. The van der Waals surface area contributed by atoms with Gasteiger partial charge >= 0.3 is 11.8 Å². The van der Waals surface area contributed by atoms with Gasteiger partial charge in [-0.2, -0.15) is 0 Å². The number of para-hydroxylation sites is 1. The molecule has 2 aromatic carbocycles. The van der Waals surface area contributed by atoms with E-state index in [1.165, 1.54) is 18.2 Å². The van der Waals surface area contributed by atoms with Gasteiger partial charge in [0.05, 0.1) is 18.8 Å². The fourth-order valence-electron chi connectivity index (χ4n) is 2.25. The molecule has 0 heterocycles. The van der Waals surface area contributed by atoms with E-state index in [4.69, 9.17) is 15.2 Å². The fraction of sp³-hybridized carbons (Fsp3) is 0.211. The van der Waals surface area contributed by atoms with Gasteiger partial charge in [-0.05, 0) is 38.1 Å². The van der Waals surface area contributed by atoms with E-state index in [1.54, 1.807) is 24.3 Å². The van der Waals surface area contributed by atoms with Crippen LogP contribution in [0.4, 0.5) is 11.4 Å². The molecular formula is C19H21N3O5. The standard InChI is InChI=1S/C19H21N3O5/c1-3-26-15-10-9-12(11-16(15)27-4-2)21-18(24)19(25)22-17(23)13-7-5-6-8-14(13)20/h5-11H,3-4,20H2,1-2H3,(H,21,24)(H,22,23,25). The van der Waals surface area contributed by atoms with Crippen LogP contribution in [-0.2, 0) is 9.59 Å². The van der Waals surface area contributed by atoms with E-state index < -0.39 is 17.7 Å². The Bertz CT molecular complexity index is 851. The number of carbonyl (C=O) groups is 3. The molecule has 2 aromatic rings. The number of hydrogen-bond donors (Lipinski definition) is 3. The van der Waals surface area contributed by atoms with Crippen molar-refractivity contribution in [1.82, 2.24) is 5.32 Å². The Morgan fingerprint density at radius 3 is 2.26 bits per heavy atom. The normalized spacial score (nSPS) is 10.0. The van der Waals surface area contributed by atoms with E-state index in [9.17, 15) is 14.4 Å². The Labute approximate surface area is 156 Å². The van der Waals surface area contributed by atoms with Crippen LogP contribution in [0.15, 0.2) is 42.5 Å². The molecule has 0 radical (unpaired) electrons. The first-order chi connectivity index (χ1) is 13.0. The molecule has 27 heavy (non-hydrogen) atoms. The average molecular weight is 371 g/mol. The maximum Gasteiger partial charge on any atom is 0.316 e. The number of rotatable bonds is 6. The second-order valence-corrected chi connectivity index (χ2v) is 5.35. The molecule has 0 aliphatic heterocycles. The van der Waals surface area contributed by atoms with Crippen LogP contribution in [0.1, 0.15) is 24.2 Å². The molecule has 3 amide bonds. The van der Waals surface area contributed by atoms with Crippen LogP contribution < -0.4 is 25.8 Å². The Kier molecular flexibility index (Phi) is 6.76. The van der Waals surface area contributed by atoms with Gasteiger partial charge in [0.25, 0.3) is 5.91 Å². The number of nitrogens with one attached hydrogen (secondary N) is 2. The van der Waals surface area contributed by atoms with E-state index in [0.29, 0.717) is 30.4 Å². The third-order valence-corrected chi connectivity index (χ3v) is 3.44. The third kappa shape index (κ3) is 5.21. The van der Waals surface area contributed by atoms with Gasteiger partial charge in [0, 0.05) is 17.4 Å². The monoisotopic (exact) mass is 371 g/mol. The van der Waals surface area contributed by atoms with Gasteiger partial charge in [0.1, 0.15) is 0 Å². The third-order valence-electron chi connectivity index (χ3n) is 3.44. The van der Waals surface area contributed by atoms with E-state index in [-0.39, 0.29) is 11.3 Å². The molecule has 0 aliphatic rings. The molecule has 8 heteroatoms. The summed E-state index contributed by atoms with van der Waals surface area (Å²) in [6, 6.07) is 11.0. The molecule has 4 N–H and O–H groups in total. The molecule has 0 fully saturated rings. The first-order valence-corrected chi connectivity index (χ1v) is 8.37. The van der Waals surface area contributed by atoms with Gasteiger partial charge in [-0.3, -0.25) is 19.7 Å². The summed E-state index contributed by atoms with van der Waals surface area (Å²) in [5, 5.41) is 4.41. The molecule has 0 saturated carbocycles. The van der Waals surface area contributed by atoms with Crippen LogP contribution in [-0.4, -0.2) is 30.9 Å². The summed E-state index contributed by atoms with van der Waals surface area (Å²) < 4.78 is 10.9. The number of amides is 3. The largest absolute Gasteiger partial charge is 0.490 e. The van der Waals surface area contributed by atoms with Crippen molar-refractivity contribution in [3.05, 3.63) is 48.0 Å². The minimum absolute atomic E-state index is 0.110. The van der Waals surface area contributed by atoms with Crippen LogP contribution in [0, 0.1) is 0 Å². The van der Waals surface area contributed by atoms with Crippen molar-refractivity contribution in [1.29, 1.82) is 0 Å². The zero-order valence-electron chi connectivity index (χ0n) is 15.1. The number of imide groups is 1. The molecule has 0 spiro atoms. The highest BCUT2D eigenvalue weighted by Crippen LogP contribution is 2.30. The maximum atomic E-state index is 12.1. The highest BCUT2D eigenvalue weighted by atomic mass is 16.5. The van der Waals surface area contributed by atoms with Crippen molar-refractivity contribution in [2.24, 2.45) is 0 Å². The van der Waals surface area contributed by atoms with E-state index >= 15 is 0 Å². The van der Waals surface area contributed by atoms with Crippen molar-refractivity contribution in [3.8, 4) is 11.5 Å². The number of nitrogen functional groups attached to an aromatic ring is 1. The first kappa shape index (κ1) is 19.8. The van der Waals surface area contributed by atoms with Crippen LogP contribution in [0.3, 0.4) is 0 Å². The van der Waals surface area contributed by atoms with Gasteiger partial charge in [-0.1, -0.05) is 12.1 Å². The Hall–Kier alpha value is -3.55. The van der Waals surface area contributed by atoms with Crippen LogP contribution >= 0.6 is 0 Å². The lowest BCUT2D eigenvalue weighted by Crippen LogP contribution is -2.39. The van der Waals surface area contributed by atoms with E-state index in [1.807, 2.05) is 19.2 Å². The number of anilines is 2. The van der Waals surface area contributed by atoms with Gasteiger partial charge in [0.15, 0.2) is 11.5 Å². The van der Waals surface area contributed by atoms with Crippen molar-refractivity contribution in [2.45, 2.75) is 13.8 Å². The van der Waals surface area contributed by atoms with Crippen molar-refractivity contribution < 1.29 is 23.9 Å². The summed E-state index contributed by atoms with van der Waals surface area (Å²) in [6.07, 6.45) is 0. The van der Waals surface area contributed by atoms with Crippen LogP contribution in [0.2, 0.25) is 0 Å². The topological polar surface area (TPSA) is 120 Å². The summed E-state index contributed by atoms with van der Waals surface area (Å²) >= 11 is 0. The molecule has 0 bridgehead atoms. The minimum Gasteiger partial charge on any atom is -0.490 e. The minimum atomic E-state index is -1.10.